The van der Waals surface area contributed by atoms with Gasteiger partial charge in [0.2, 0.25) is 0 Å². The van der Waals surface area contributed by atoms with Crippen LogP contribution in [0.4, 0.5) is 0 Å². The van der Waals surface area contributed by atoms with Gasteiger partial charge in [-0.15, -0.1) is 0 Å². The molecule has 0 aliphatic rings. The number of nitrogens with zero attached hydrogens (tertiary/aromatic N) is 1. The number of quaternary nitrogens is 1. The van der Waals surface area contributed by atoms with Crippen LogP contribution in [-0.4, -0.2) is 74.9 Å². The summed E-state index contributed by atoms with van der Waals surface area (Å²) in [5.74, 6) is -0.977. The zero-order valence-electron chi connectivity index (χ0n) is 39.8. The summed E-state index contributed by atoms with van der Waals surface area (Å²) >= 11 is 0. The minimum absolute atomic E-state index is 0.0320. The second-order valence-corrected chi connectivity index (χ2v) is 20.1. The van der Waals surface area contributed by atoms with E-state index in [9.17, 15) is 19.0 Å². The van der Waals surface area contributed by atoms with Crippen LogP contribution in [0.25, 0.3) is 0 Å². The lowest BCUT2D eigenvalue weighted by atomic mass is 10.0. The molecule has 10 heteroatoms. The molecule has 0 fully saturated rings. The van der Waals surface area contributed by atoms with Gasteiger partial charge in [0.25, 0.3) is 0 Å². The second-order valence-electron chi connectivity index (χ2n) is 18.7. The van der Waals surface area contributed by atoms with Gasteiger partial charge in [-0.25, -0.2) is 4.57 Å². The SMILES string of the molecule is CCCCCCCCCCCCCCCCCCCCCCCCCCCCCCCCCCCCCCC(=O)OC[C@H](COP(=O)(O)OCC[N+](C)(C)C)OC(C)=O. The molecule has 0 rings (SSSR count). The summed E-state index contributed by atoms with van der Waals surface area (Å²) < 4.78 is 33.0. The first kappa shape index (κ1) is 58.0. The van der Waals surface area contributed by atoms with Crippen LogP contribution in [-0.2, 0) is 32.7 Å². The van der Waals surface area contributed by atoms with Crippen LogP contribution in [0.1, 0.15) is 251 Å². The van der Waals surface area contributed by atoms with Crippen LogP contribution in [0.2, 0.25) is 0 Å². The minimum atomic E-state index is -4.32. The summed E-state index contributed by atoms with van der Waals surface area (Å²) in [6.07, 6.45) is 48.9. The molecule has 9 nitrogen and oxygen atoms in total. The van der Waals surface area contributed by atoms with Crippen molar-refractivity contribution in [1.82, 2.24) is 0 Å². The number of esters is 2. The number of phosphoric acid groups is 1. The van der Waals surface area contributed by atoms with E-state index in [1.165, 1.54) is 219 Å². The smallest absolute Gasteiger partial charge is 0.462 e. The molecule has 0 heterocycles. The molecule has 0 bridgehead atoms. The van der Waals surface area contributed by atoms with Crippen molar-refractivity contribution < 1.29 is 42.1 Å². The van der Waals surface area contributed by atoms with Gasteiger partial charge in [-0.05, 0) is 6.42 Å². The van der Waals surface area contributed by atoms with E-state index in [1.807, 2.05) is 21.1 Å². The Hall–Kier alpha value is -0.990. The molecule has 352 valence electrons. The summed E-state index contributed by atoms with van der Waals surface area (Å²) in [6.45, 7) is 3.41. The topological polar surface area (TPSA) is 108 Å². The highest BCUT2D eigenvalue weighted by Crippen LogP contribution is 2.43. The number of likely N-dealkylation sites (N-methyl/N-ethyl adjacent to an activating group) is 1. The molecule has 0 aliphatic heterocycles. The Bertz CT molecular complexity index is 974. The highest BCUT2D eigenvalue weighted by molar-refractivity contribution is 7.47. The molecule has 0 aliphatic carbocycles. The maximum absolute atomic E-state index is 12.2. The molecule has 0 aromatic heterocycles. The quantitative estimate of drug-likeness (QED) is 0.0279. The highest BCUT2D eigenvalue weighted by atomic mass is 31.2. The van der Waals surface area contributed by atoms with Crippen LogP contribution in [0, 0.1) is 0 Å². The molecule has 0 saturated heterocycles. The van der Waals surface area contributed by atoms with E-state index in [1.54, 1.807) is 0 Å². The fourth-order valence-electron chi connectivity index (χ4n) is 7.61. The van der Waals surface area contributed by atoms with Gasteiger partial charge in [0.05, 0.1) is 27.7 Å². The molecule has 1 N–H and O–H groups in total. The van der Waals surface area contributed by atoms with Crippen LogP contribution >= 0.6 is 7.82 Å². The number of carbonyl (C=O) groups is 2. The van der Waals surface area contributed by atoms with Crippen molar-refractivity contribution in [2.24, 2.45) is 0 Å². The fourth-order valence-corrected chi connectivity index (χ4v) is 8.35. The van der Waals surface area contributed by atoms with E-state index in [0.717, 1.165) is 19.3 Å². The van der Waals surface area contributed by atoms with Gasteiger partial charge in [-0.1, -0.05) is 232 Å². The van der Waals surface area contributed by atoms with E-state index >= 15 is 0 Å². The zero-order valence-corrected chi connectivity index (χ0v) is 40.7. The van der Waals surface area contributed by atoms with E-state index in [2.05, 4.69) is 6.92 Å². The average molecular weight is 861 g/mol. The first-order valence-corrected chi connectivity index (χ1v) is 26.7. The number of unbranched alkanes of at least 4 members (excludes halogenated alkanes) is 35. The third-order valence-corrected chi connectivity index (χ3v) is 12.4. The molecular weight excluding hydrogens is 762 g/mol. The number of hydrogen-bond donors (Lipinski definition) is 1. The van der Waals surface area contributed by atoms with Crippen molar-refractivity contribution in [3.8, 4) is 0 Å². The van der Waals surface area contributed by atoms with Gasteiger partial charge in [0.15, 0.2) is 6.10 Å². The van der Waals surface area contributed by atoms with Crippen molar-refractivity contribution in [3.63, 3.8) is 0 Å². The summed E-state index contributed by atoms with van der Waals surface area (Å²) in [4.78, 5) is 33.6. The summed E-state index contributed by atoms with van der Waals surface area (Å²) in [5, 5.41) is 0. The lowest BCUT2D eigenvalue weighted by Crippen LogP contribution is -2.37. The maximum atomic E-state index is 12.2. The van der Waals surface area contributed by atoms with Gasteiger partial charge in [-0.2, -0.15) is 0 Å². The van der Waals surface area contributed by atoms with Crippen molar-refractivity contribution in [2.45, 2.75) is 258 Å². The lowest BCUT2D eigenvalue weighted by Gasteiger charge is -2.24. The van der Waals surface area contributed by atoms with Crippen LogP contribution in [0.15, 0.2) is 0 Å². The molecule has 0 spiro atoms. The molecule has 0 amide bonds. The highest BCUT2D eigenvalue weighted by Gasteiger charge is 2.26. The molecule has 2 atom stereocenters. The Morgan fingerprint density at radius 3 is 1.08 bits per heavy atom. The number of hydrogen-bond acceptors (Lipinski definition) is 7. The Morgan fingerprint density at radius 1 is 0.492 bits per heavy atom. The lowest BCUT2D eigenvalue weighted by molar-refractivity contribution is -0.870. The van der Waals surface area contributed by atoms with Crippen molar-refractivity contribution in [3.05, 3.63) is 0 Å². The van der Waals surface area contributed by atoms with E-state index in [0.29, 0.717) is 17.4 Å². The normalized spacial score (nSPS) is 13.4. The largest absolute Gasteiger partial charge is 0.472 e. The molecule has 59 heavy (non-hydrogen) atoms. The van der Waals surface area contributed by atoms with E-state index in [4.69, 9.17) is 18.5 Å². The van der Waals surface area contributed by atoms with Crippen LogP contribution in [0.3, 0.4) is 0 Å². The summed E-state index contributed by atoms with van der Waals surface area (Å²) in [5.41, 5.74) is 0. The minimum Gasteiger partial charge on any atom is -0.462 e. The average Bonchev–Trinajstić information content (AvgIpc) is 3.18. The Balaban J connectivity index is 3.43. The Kier molecular flexibility index (Phi) is 41.6. The Morgan fingerprint density at radius 2 is 0.797 bits per heavy atom. The van der Waals surface area contributed by atoms with Crippen LogP contribution in [0.5, 0.6) is 0 Å². The van der Waals surface area contributed by atoms with Gasteiger partial charge < -0.3 is 18.9 Å². The molecule has 0 aromatic carbocycles. The van der Waals surface area contributed by atoms with Gasteiger partial charge in [-0.3, -0.25) is 18.6 Å². The predicted octanol–water partition coefficient (Wildman–Crippen LogP) is 14.8. The van der Waals surface area contributed by atoms with Crippen molar-refractivity contribution in [2.75, 3.05) is 47.5 Å². The molecule has 0 aromatic rings. The molecule has 0 radical (unpaired) electrons. The number of ether oxygens (including phenoxy) is 2. The Labute approximate surface area is 365 Å². The number of rotatable bonds is 47. The van der Waals surface area contributed by atoms with Crippen LogP contribution < -0.4 is 0 Å². The third kappa shape index (κ3) is 47.9. The first-order chi connectivity index (χ1) is 28.4. The summed E-state index contributed by atoms with van der Waals surface area (Å²) in [6, 6.07) is 0. The van der Waals surface area contributed by atoms with Crippen molar-refractivity contribution >= 4 is 19.8 Å². The predicted molar refractivity (Wildman–Crippen MR) is 248 cm³/mol. The van der Waals surface area contributed by atoms with E-state index < -0.39 is 26.5 Å². The number of phosphoric ester groups is 1. The van der Waals surface area contributed by atoms with Gasteiger partial charge >= 0.3 is 19.8 Å². The summed E-state index contributed by atoms with van der Waals surface area (Å²) in [7, 11) is 1.48. The second kappa shape index (κ2) is 42.3. The third-order valence-electron chi connectivity index (χ3n) is 11.4. The van der Waals surface area contributed by atoms with Gasteiger partial charge in [0, 0.05) is 13.3 Å². The molecular formula is C49H99NO8P+. The molecule has 1 unspecified atom stereocenters. The first-order valence-electron chi connectivity index (χ1n) is 25.2. The van der Waals surface area contributed by atoms with Gasteiger partial charge in [0.1, 0.15) is 19.8 Å². The van der Waals surface area contributed by atoms with E-state index in [-0.39, 0.29) is 19.2 Å². The molecule has 0 saturated carbocycles. The fraction of sp³-hybridized carbons (Fsp3) is 0.959. The number of carbonyl (C=O) groups excluding carboxylic acids is 2. The maximum Gasteiger partial charge on any atom is 0.472 e. The zero-order chi connectivity index (χ0) is 43.6. The van der Waals surface area contributed by atoms with Crippen molar-refractivity contribution in [1.29, 1.82) is 0 Å². The monoisotopic (exact) mass is 861 g/mol. The standard InChI is InChI=1S/C49H98NO8P/c1-6-7-8-9-10-11-12-13-14-15-16-17-18-19-20-21-22-23-24-25-26-27-28-29-30-31-32-33-34-35-36-37-38-39-40-41-42-49(52)55-45-48(58-47(2)51)46-57-59(53,54)56-44-43-50(3,4)5/h48H,6-46H2,1-5H3/p+1/t48-/m1/s1.